The fourth-order valence-corrected chi connectivity index (χ4v) is 2.73. The number of unbranched alkanes of at least 4 members (excludes halogenated alkanes) is 3. The van der Waals surface area contributed by atoms with Gasteiger partial charge in [-0.25, -0.2) is 0 Å². The van der Waals surface area contributed by atoms with Crippen molar-refractivity contribution in [3.05, 3.63) is 23.8 Å². The molecule has 1 atom stereocenters. The SMILES string of the molecule is CCCCCC[C@@H](C)NC(=S)NCc1ccc2c(c1)OCO2. The Balaban J connectivity index is 1.67. The van der Waals surface area contributed by atoms with Crippen molar-refractivity contribution in [3.8, 4) is 11.5 Å². The highest BCUT2D eigenvalue weighted by atomic mass is 32.1. The number of fused-ring (bicyclic) bond motifs is 1. The second-order valence-electron chi connectivity index (χ2n) is 5.77. The van der Waals surface area contributed by atoms with Crippen molar-refractivity contribution in [2.75, 3.05) is 6.79 Å². The molecule has 122 valence electrons. The third kappa shape index (κ3) is 5.37. The summed E-state index contributed by atoms with van der Waals surface area (Å²) in [4.78, 5) is 0. The summed E-state index contributed by atoms with van der Waals surface area (Å²) in [5, 5.41) is 7.30. The zero-order valence-electron chi connectivity index (χ0n) is 13.5. The number of rotatable bonds is 8. The first-order valence-electron chi connectivity index (χ1n) is 8.12. The molecule has 0 radical (unpaired) electrons. The fraction of sp³-hybridized carbons (Fsp3) is 0.588. The van der Waals surface area contributed by atoms with Gasteiger partial charge < -0.3 is 20.1 Å². The molecule has 1 aliphatic heterocycles. The molecule has 0 aliphatic carbocycles. The van der Waals surface area contributed by atoms with E-state index in [0.717, 1.165) is 23.5 Å². The van der Waals surface area contributed by atoms with E-state index in [1.165, 1.54) is 25.7 Å². The number of hydrogen-bond acceptors (Lipinski definition) is 3. The Hall–Kier alpha value is -1.49. The Labute approximate surface area is 138 Å². The van der Waals surface area contributed by atoms with Crippen LogP contribution in [-0.4, -0.2) is 17.9 Å². The van der Waals surface area contributed by atoms with Crippen molar-refractivity contribution >= 4 is 17.3 Å². The van der Waals surface area contributed by atoms with Gasteiger partial charge in [0.15, 0.2) is 16.6 Å². The van der Waals surface area contributed by atoms with Crippen molar-refractivity contribution in [3.63, 3.8) is 0 Å². The van der Waals surface area contributed by atoms with Gasteiger partial charge in [0.25, 0.3) is 0 Å². The van der Waals surface area contributed by atoms with E-state index in [2.05, 4.69) is 24.5 Å². The molecule has 0 saturated carbocycles. The molecular formula is C17H26N2O2S. The van der Waals surface area contributed by atoms with Crippen molar-refractivity contribution in [2.24, 2.45) is 0 Å². The molecule has 0 saturated heterocycles. The van der Waals surface area contributed by atoms with Crippen LogP contribution < -0.4 is 20.1 Å². The van der Waals surface area contributed by atoms with Gasteiger partial charge in [-0.05, 0) is 43.3 Å². The summed E-state index contributed by atoms with van der Waals surface area (Å²) in [6, 6.07) is 6.36. The standard InChI is InChI=1S/C17H26N2O2S/c1-3-4-5-6-7-13(2)19-17(22)18-11-14-8-9-15-16(10-14)21-12-20-15/h8-10,13H,3-7,11-12H2,1-2H3,(H2,18,19,22)/t13-/m1/s1. The van der Waals surface area contributed by atoms with Crippen LogP contribution in [0.1, 0.15) is 51.5 Å². The largest absolute Gasteiger partial charge is 0.454 e. The Bertz CT molecular complexity index is 494. The quantitative estimate of drug-likeness (QED) is 0.564. The zero-order valence-corrected chi connectivity index (χ0v) is 14.3. The van der Waals surface area contributed by atoms with E-state index in [4.69, 9.17) is 21.7 Å². The lowest BCUT2D eigenvalue weighted by Crippen LogP contribution is -2.40. The lowest BCUT2D eigenvalue weighted by atomic mass is 10.1. The highest BCUT2D eigenvalue weighted by Gasteiger charge is 2.13. The molecule has 0 bridgehead atoms. The molecule has 0 fully saturated rings. The van der Waals surface area contributed by atoms with Gasteiger partial charge in [-0.1, -0.05) is 38.7 Å². The van der Waals surface area contributed by atoms with Crippen LogP contribution in [0.5, 0.6) is 11.5 Å². The Morgan fingerprint density at radius 3 is 2.86 bits per heavy atom. The molecule has 0 spiro atoms. The summed E-state index contributed by atoms with van der Waals surface area (Å²) in [7, 11) is 0. The Kier molecular flexibility index (Phi) is 6.77. The van der Waals surface area contributed by atoms with Crippen molar-refractivity contribution < 1.29 is 9.47 Å². The minimum Gasteiger partial charge on any atom is -0.454 e. The molecule has 1 aromatic rings. The third-order valence-corrected chi connectivity index (χ3v) is 4.02. The molecule has 1 aliphatic rings. The monoisotopic (exact) mass is 322 g/mol. The predicted octanol–water partition coefficient (Wildman–Crippen LogP) is 3.74. The van der Waals surface area contributed by atoms with E-state index in [1.54, 1.807) is 0 Å². The van der Waals surface area contributed by atoms with E-state index < -0.39 is 0 Å². The van der Waals surface area contributed by atoms with E-state index in [9.17, 15) is 0 Å². The van der Waals surface area contributed by atoms with Gasteiger partial charge in [-0.2, -0.15) is 0 Å². The molecule has 4 nitrogen and oxygen atoms in total. The van der Waals surface area contributed by atoms with Gasteiger partial charge in [0.2, 0.25) is 6.79 Å². The highest BCUT2D eigenvalue weighted by Crippen LogP contribution is 2.32. The number of nitrogens with one attached hydrogen (secondary N) is 2. The van der Waals surface area contributed by atoms with Crippen LogP contribution in [0.3, 0.4) is 0 Å². The van der Waals surface area contributed by atoms with Crippen LogP contribution >= 0.6 is 12.2 Å². The maximum atomic E-state index is 5.38. The average molecular weight is 322 g/mol. The Morgan fingerprint density at radius 1 is 1.23 bits per heavy atom. The van der Waals surface area contributed by atoms with E-state index in [-0.39, 0.29) is 0 Å². The summed E-state index contributed by atoms with van der Waals surface area (Å²) in [6.45, 7) is 5.41. The topological polar surface area (TPSA) is 42.5 Å². The van der Waals surface area contributed by atoms with Gasteiger partial charge in [0, 0.05) is 12.6 Å². The maximum Gasteiger partial charge on any atom is 0.231 e. The molecule has 0 amide bonds. The Morgan fingerprint density at radius 2 is 2.05 bits per heavy atom. The van der Waals surface area contributed by atoms with Crippen molar-refractivity contribution in [2.45, 2.75) is 58.5 Å². The van der Waals surface area contributed by atoms with Crippen LogP contribution in [0.25, 0.3) is 0 Å². The van der Waals surface area contributed by atoms with Crippen LogP contribution in [0, 0.1) is 0 Å². The van der Waals surface area contributed by atoms with Crippen molar-refractivity contribution in [1.29, 1.82) is 0 Å². The van der Waals surface area contributed by atoms with Gasteiger partial charge in [-0.3, -0.25) is 0 Å². The number of thiocarbonyl (C=S) groups is 1. The molecule has 0 unspecified atom stereocenters. The number of benzene rings is 1. The van der Waals surface area contributed by atoms with Gasteiger partial charge in [0.1, 0.15) is 0 Å². The smallest absolute Gasteiger partial charge is 0.231 e. The zero-order chi connectivity index (χ0) is 15.8. The lowest BCUT2D eigenvalue weighted by molar-refractivity contribution is 0.174. The summed E-state index contributed by atoms with van der Waals surface area (Å²) < 4.78 is 10.7. The van der Waals surface area contributed by atoms with E-state index in [1.807, 2.05) is 18.2 Å². The van der Waals surface area contributed by atoms with Gasteiger partial charge in [0.05, 0.1) is 0 Å². The highest BCUT2D eigenvalue weighted by molar-refractivity contribution is 7.80. The molecule has 2 rings (SSSR count). The first kappa shape index (κ1) is 16.9. The second-order valence-corrected chi connectivity index (χ2v) is 6.17. The van der Waals surface area contributed by atoms with Crippen LogP contribution in [0.2, 0.25) is 0 Å². The second kappa shape index (κ2) is 8.83. The molecule has 1 heterocycles. The normalized spacial score (nSPS) is 13.7. The summed E-state index contributed by atoms with van der Waals surface area (Å²) >= 11 is 5.35. The minimum absolute atomic E-state index is 0.307. The maximum absolute atomic E-state index is 5.38. The lowest BCUT2D eigenvalue weighted by Gasteiger charge is -2.17. The first-order valence-corrected chi connectivity index (χ1v) is 8.52. The van der Waals surface area contributed by atoms with Gasteiger partial charge in [-0.15, -0.1) is 0 Å². The molecular weight excluding hydrogens is 296 g/mol. The van der Waals surface area contributed by atoms with Crippen LogP contribution in [0.15, 0.2) is 18.2 Å². The summed E-state index contributed by atoms with van der Waals surface area (Å²) in [5.41, 5.74) is 1.13. The summed E-state index contributed by atoms with van der Waals surface area (Å²) in [6.07, 6.45) is 6.31. The average Bonchev–Trinajstić information content (AvgIpc) is 2.97. The molecule has 0 aromatic heterocycles. The van der Waals surface area contributed by atoms with Crippen LogP contribution in [0.4, 0.5) is 0 Å². The fourth-order valence-electron chi connectivity index (χ4n) is 2.46. The summed E-state index contributed by atoms with van der Waals surface area (Å²) in [5.74, 6) is 1.62. The van der Waals surface area contributed by atoms with Crippen molar-refractivity contribution in [1.82, 2.24) is 10.6 Å². The first-order chi connectivity index (χ1) is 10.7. The molecule has 22 heavy (non-hydrogen) atoms. The van der Waals surface area contributed by atoms with Crippen LogP contribution in [-0.2, 0) is 6.54 Å². The molecule has 5 heteroatoms. The predicted molar refractivity (Wildman–Crippen MR) is 93.4 cm³/mol. The number of hydrogen-bond donors (Lipinski definition) is 2. The third-order valence-electron chi connectivity index (χ3n) is 3.76. The van der Waals surface area contributed by atoms with E-state index in [0.29, 0.717) is 24.5 Å². The molecule has 2 N–H and O–H groups in total. The molecule has 1 aromatic carbocycles. The van der Waals surface area contributed by atoms with Gasteiger partial charge >= 0.3 is 0 Å². The number of ether oxygens (including phenoxy) is 2. The minimum atomic E-state index is 0.307. The van der Waals surface area contributed by atoms with E-state index >= 15 is 0 Å².